The lowest BCUT2D eigenvalue weighted by Gasteiger charge is -2.14. The number of aryl methyl sites for hydroxylation is 1. The summed E-state index contributed by atoms with van der Waals surface area (Å²) in [4.78, 5) is 24.8. The molecule has 3 N–H and O–H groups in total. The van der Waals surface area contributed by atoms with Crippen molar-refractivity contribution in [2.45, 2.75) is 38.6 Å². The number of H-pyrrole nitrogens is 1. The Labute approximate surface area is 204 Å². The molecule has 1 unspecified atom stereocenters. The monoisotopic (exact) mass is 463 g/mol. The molecule has 5 aromatic rings. The van der Waals surface area contributed by atoms with E-state index in [-0.39, 0.29) is 11.6 Å². The number of nitrogens with one attached hydrogen (secondary N) is 1. The molecule has 0 saturated heterocycles. The molecule has 0 spiro atoms. The van der Waals surface area contributed by atoms with Crippen molar-refractivity contribution in [1.29, 1.82) is 0 Å². The van der Waals surface area contributed by atoms with E-state index in [0.717, 1.165) is 41.6 Å². The number of rotatable bonds is 8. The maximum atomic E-state index is 12.7. The number of nitrogen functional groups attached to an aromatic ring is 1. The number of aromatic nitrogens is 4. The fourth-order valence-electron chi connectivity index (χ4n) is 4.49. The van der Waals surface area contributed by atoms with Crippen molar-refractivity contribution < 1.29 is 0 Å². The first-order chi connectivity index (χ1) is 17.1. The number of benzene rings is 3. The van der Waals surface area contributed by atoms with Crippen molar-refractivity contribution in [2.75, 3.05) is 5.73 Å². The van der Waals surface area contributed by atoms with Gasteiger partial charge in [0.25, 0.3) is 5.56 Å². The second-order valence-electron chi connectivity index (χ2n) is 9.06. The summed E-state index contributed by atoms with van der Waals surface area (Å²) in [7, 11) is 0. The summed E-state index contributed by atoms with van der Waals surface area (Å²) < 4.78 is 2.03. The molecule has 0 aliphatic rings. The Morgan fingerprint density at radius 1 is 0.943 bits per heavy atom. The second-order valence-corrected chi connectivity index (χ2v) is 9.06. The van der Waals surface area contributed by atoms with Gasteiger partial charge in [0.05, 0.1) is 6.33 Å². The summed E-state index contributed by atoms with van der Waals surface area (Å²) in [5, 5.41) is 0. The Bertz CT molecular complexity index is 1490. The van der Waals surface area contributed by atoms with Crippen LogP contribution in [0.15, 0.2) is 90.0 Å². The van der Waals surface area contributed by atoms with Crippen molar-refractivity contribution in [3.8, 4) is 11.1 Å². The summed E-state index contributed by atoms with van der Waals surface area (Å²) in [5.41, 5.74) is 12.1. The van der Waals surface area contributed by atoms with Crippen LogP contribution >= 0.6 is 0 Å². The van der Waals surface area contributed by atoms with Gasteiger partial charge in [0.2, 0.25) is 0 Å². The maximum Gasteiger partial charge on any atom is 0.279 e. The number of anilines is 1. The van der Waals surface area contributed by atoms with Gasteiger partial charge in [-0.15, -0.1) is 0 Å². The topological polar surface area (TPSA) is 89.6 Å². The van der Waals surface area contributed by atoms with Gasteiger partial charge in [-0.05, 0) is 60.6 Å². The van der Waals surface area contributed by atoms with Crippen LogP contribution in [0.1, 0.15) is 42.8 Å². The van der Waals surface area contributed by atoms with E-state index in [4.69, 9.17) is 10.7 Å². The van der Waals surface area contributed by atoms with Crippen LogP contribution in [0.3, 0.4) is 0 Å². The number of hydrogen-bond acceptors (Lipinski definition) is 4. The van der Waals surface area contributed by atoms with Crippen LogP contribution in [0.25, 0.3) is 22.3 Å². The predicted octanol–water partition coefficient (Wildman–Crippen LogP) is 5.54. The zero-order chi connectivity index (χ0) is 24.2. The highest BCUT2D eigenvalue weighted by Gasteiger charge is 2.15. The van der Waals surface area contributed by atoms with Gasteiger partial charge in [0, 0.05) is 18.2 Å². The van der Waals surface area contributed by atoms with E-state index in [0.29, 0.717) is 23.4 Å². The number of nitrogens with zero attached hydrogens (tertiary/aromatic N) is 3. The Balaban J connectivity index is 1.32. The van der Waals surface area contributed by atoms with Crippen LogP contribution in [-0.2, 0) is 12.8 Å². The van der Waals surface area contributed by atoms with Crippen LogP contribution in [0, 0.1) is 0 Å². The van der Waals surface area contributed by atoms with Crippen molar-refractivity contribution in [3.05, 3.63) is 112 Å². The molecule has 0 saturated carbocycles. The third-order valence-electron chi connectivity index (χ3n) is 6.43. The summed E-state index contributed by atoms with van der Waals surface area (Å²) in [6.45, 7) is 2.16. The zero-order valence-electron chi connectivity index (χ0n) is 19.8. The van der Waals surface area contributed by atoms with Gasteiger partial charge in [0.1, 0.15) is 5.82 Å². The highest BCUT2D eigenvalue weighted by molar-refractivity contribution is 5.70. The van der Waals surface area contributed by atoms with E-state index in [1.54, 1.807) is 6.33 Å². The minimum absolute atomic E-state index is 0.198. The van der Waals surface area contributed by atoms with E-state index >= 15 is 0 Å². The molecule has 0 fully saturated rings. The Morgan fingerprint density at radius 3 is 2.51 bits per heavy atom. The van der Waals surface area contributed by atoms with Crippen molar-refractivity contribution >= 4 is 16.9 Å². The van der Waals surface area contributed by atoms with Crippen molar-refractivity contribution in [3.63, 3.8) is 0 Å². The fraction of sp³-hybridized carbons (Fsp3) is 0.207. The molecule has 0 radical (unpaired) electrons. The average molecular weight is 464 g/mol. The molecule has 2 heterocycles. The first-order valence-electron chi connectivity index (χ1n) is 12.0. The van der Waals surface area contributed by atoms with E-state index in [2.05, 4.69) is 65.4 Å². The predicted molar refractivity (Wildman–Crippen MR) is 141 cm³/mol. The molecule has 0 bridgehead atoms. The number of imidazole rings is 1. The van der Waals surface area contributed by atoms with Gasteiger partial charge in [0.15, 0.2) is 11.2 Å². The molecule has 3 aromatic carbocycles. The second kappa shape index (κ2) is 9.97. The number of aromatic amines is 1. The number of nitrogens with two attached hydrogens (primary N) is 1. The maximum absolute atomic E-state index is 12.7. The fourth-order valence-corrected chi connectivity index (χ4v) is 4.49. The number of hydrogen-bond donors (Lipinski definition) is 2. The van der Waals surface area contributed by atoms with Crippen LogP contribution in [0.2, 0.25) is 0 Å². The number of fused-ring (bicyclic) bond motifs is 1. The Hall–Kier alpha value is -4.19. The van der Waals surface area contributed by atoms with E-state index in [1.165, 1.54) is 5.56 Å². The lowest BCUT2D eigenvalue weighted by molar-refractivity contribution is 0.496. The molecule has 0 amide bonds. The van der Waals surface area contributed by atoms with Crippen LogP contribution in [-0.4, -0.2) is 19.5 Å². The first kappa shape index (κ1) is 22.6. The van der Waals surface area contributed by atoms with E-state index in [1.807, 2.05) is 34.9 Å². The molecular formula is C29H29N5O. The quantitative estimate of drug-likeness (QED) is 0.296. The Kier molecular flexibility index (Phi) is 6.44. The first-order valence-corrected chi connectivity index (χ1v) is 12.0. The van der Waals surface area contributed by atoms with Crippen molar-refractivity contribution in [2.24, 2.45) is 0 Å². The third kappa shape index (κ3) is 5.17. The van der Waals surface area contributed by atoms with Gasteiger partial charge in [-0.3, -0.25) is 4.79 Å². The standard InChI is InChI=1S/C29H29N5O/c1-20(7-5-10-21-8-3-2-4-9-21)34-19-31-27-28(34)32-26(33-29(27)35)17-22-13-15-23(16-14-22)24-11-6-12-25(30)18-24/h2-4,6,8-9,11-16,18-20H,5,7,10,17,30H2,1H3,(H,32,33,35). The van der Waals surface area contributed by atoms with Gasteiger partial charge in [-0.2, -0.15) is 0 Å². The van der Waals surface area contributed by atoms with E-state index < -0.39 is 0 Å². The molecule has 35 heavy (non-hydrogen) atoms. The lowest BCUT2D eigenvalue weighted by atomic mass is 10.0. The van der Waals surface area contributed by atoms with Crippen LogP contribution in [0.4, 0.5) is 5.69 Å². The highest BCUT2D eigenvalue weighted by Crippen LogP contribution is 2.23. The molecular weight excluding hydrogens is 434 g/mol. The molecule has 2 aromatic heterocycles. The smallest absolute Gasteiger partial charge is 0.279 e. The minimum atomic E-state index is -0.198. The van der Waals surface area contributed by atoms with Crippen molar-refractivity contribution in [1.82, 2.24) is 19.5 Å². The minimum Gasteiger partial charge on any atom is -0.399 e. The average Bonchev–Trinajstić information content (AvgIpc) is 3.30. The Morgan fingerprint density at radius 2 is 1.74 bits per heavy atom. The van der Waals surface area contributed by atoms with Gasteiger partial charge >= 0.3 is 0 Å². The summed E-state index contributed by atoms with van der Waals surface area (Å²) in [5.74, 6) is 0.637. The normalized spacial score (nSPS) is 12.1. The SMILES string of the molecule is CC(CCCc1ccccc1)n1cnc2c(=O)[nH]c(Cc3ccc(-c4cccc(N)c4)cc3)nc21. The zero-order valence-corrected chi connectivity index (χ0v) is 19.8. The van der Waals surface area contributed by atoms with Gasteiger partial charge < -0.3 is 15.3 Å². The molecule has 6 nitrogen and oxygen atoms in total. The van der Waals surface area contributed by atoms with Crippen LogP contribution in [0.5, 0.6) is 0 Å². The molecule has 176 valence electrons. The van der Waals surface area contributed by atoms with Gasteiger partial charge in [-0.25, -0.2) is 9.97 Å². The molecule has 0 aliphatic carbocycles. The third-order valence-corrected chi connectivity index (χ3v) is 6.43. The highest BCUT2D eigenvalue weighted by atomic mass is 16.1. The largest absolute Gasteiger partial charge is 0.399 e. The summed E-state index contributed by atoms with van der Waals surface area (Å²) in [6, 6.07) is 26.8. The summed E-state index contributed by atoms with van der Waals surface area (Å²) >= 11 is 0. The van der Waals surface area contributed by atoms with Gasteiger partial charge in [-0.1, -0.05) is 66.7 Å². The van der Waals surface area contributed by atoms with E-state index in [9.17, 15) is 4.79 Å². The lowest BCUT2D eigenvalue weighted by Crippen LogP contribution is -2.14. The van der Waals surface area contributed by atoms with Crippen LogP contribution < -0.4 is 11.3 Å². The molecule has 5 rings (SSSR count). The molecule has 0 aliphatic heterocycles. The molecule has 6 heteroatoms. The summed E-state index contributed by atoms with van der Waals surface area (Å²) in [6.07, 6.45) is 5.35. The molecule has 1 atom stereocenters.